The Kier molecular flexibility index (Phi) is 12.3. The van der Waals surface area contributed by atoms with Crippen LogP contribution in [0.25, 0.3) is 0 Å². The fraction of sp³-hybridized carbons (Fsp3) is 0.700. The maximum atomic E-state index is 12.9. The van der Waals surface area contributed by atoms with Crippen LogP contribution in [-0.4, -0.2) is 89.4 Å². The van der Waals surface area contributed by atoms with Crippen LogP contribution in [0.4, 0.5) is 0 Å². The summed E-state index contributed by atoms with van der Waals surface area (Å²) < 4.78 is 0. The van der Waals surface area contributed by atoms with Crippen molar-refractivity contribution in [3.05, 3.63) is 0 Å². The summed E-state index contributed by atoms with van der Waals surface area (Å²) in [6.07, 6.45) is 2.21. The lowest BCUT2D eigenvalue weighted by Gasteiger charge is -2.28. The van der Waals surface area contributed by atoms with Crippen LogP contribution in [0.1, 0.15) is 45.4 Å². The van der Waals surface area contributed by atoms with E-state index in [0.717, 1.165) is 0 Å². The summed E-state index contributed by atoms with van der Waals surface area (Å²) in [6.45, 7) is 2.37. The van der Waals surface area contributed by atoms with Crippen LogP contribution in [0.3, 0.4) is 0 Å². The predicted molar refractivity (Wildman–Crippen MR) is 130 cm³/mol. The van der Waals surface area contributed by atoms with Gasteiger partial charge < -0.3 is 49.3 Å². The Morgan fingerprint density at radius 2 is 1.57 bits per heavy atom. The van der Waals surface area contributed by atoms with Crippen molar-refractivity contribution in [2.45, 2.75) is 69.6 Å². The van der Waals surface area contributed by atoms with Gasteiger partial charge in [0.1, 0.15) is 18.1 Å². The fourth-order valence-corrected chi connectivity index (χ4v) is 3.61. The smallest absolute Gasteiger partial charge is 0.326 e. The molecule has 4 atom stereocenters. The molecular weight excluding hydrogens is 460 g/mol. The lowest BCUT2D eigenvalue weighted by Crippen LogP contribution is -2.56. The van der Waals surface area contributed by atoms with Gasteiger partial charge in [-0.05, 0) is 45.4 Å². The Labute approximate surface area is 203 Å². The van der Waals surface area contributed by atoms with Crippen molar-refractivity contribution < 1.29 is 24.3 Å². The van der Waals surface area contributed by atoms with Crippen LogP contribution >= 0.6 is 0 Å². The van der Waals surface area contributed by atoms with E-state index in [1.54, 1.807) is 0 Å². The highest BCUT2D eigenvalue weighted by Gasteiger charge is 2.37. The number of rotatable bonds is 14. The summed E-state index contributed by atoms with van der Waals surface area (Å²) in [5.74, 6) is -2.89. The van der Waals surface area contributed by atoms with Gasteiger partial charge in [0.2, 0.25) is 17.7 Å². The first-order valence-corrected chi connectivity index (χ1v) is 11.4. The number of carbonyl (C=O) groups is 4. The van der Waals surface area contributed by atoms with Gasteiger partial charge in [-0.3, -0.25) is 24.4 Å². The van der Waals surface area contributed by atoms with E-state index in [4.69, 9.17) is 28.7 Å². The number of likely N-dealkylation sites (tertiary alicyclic amines) is 1. The molecule has 1 heterocycles. The normalized spacial score (nSPS) is 17.5. The topological polar surface area (TPSA) is 271 Å². The molecule has 0 aromatic carbocycles. The standard InChI is InChI=1S/C20H38N10O5/c1-11(28-15(31)12(21)5-2-8-26-19(22)23)17(33)30-10-4-7-14(30)16(32)29-13(18(34)35)6-3-9-27-20(24)25/h11-14H,2-10,21H2,1H3,(H,28,31)(H,29,32)(H,34,35)(H4,22,23,26)(H4,24,25,27). The van der Waals surface area contributed by atoms with Crippen molar-refractivity contribution in [1.82, 2.24) is 15.5 Å². The minimum atomic E-state index is -1.20. The molecule has 4 unspecified atom stereocenters. The highest BCUT2D eigenvalue weighted by atomic mass is 16.4. The van der Waals surface area contributed by atoms with Gasteiger partial charge in [-0.25, -0.2) is 4.79 Å². The average molecular weight is 499 g/mol. The maximum absolute atomic E-state index is 12.9. The van der Waals surface area contributed by atoms with E-state index >= 15 is 0 Å². The minimum Gasteiger partial charge on any atom is -0.480 e. The number of aliphatic carboxylic acids is 1. The molecule has 0 radical (unpaired) electrons. The molecule has 0 spiro atoms. The first kappa shape index (κ1) is 29.4. The zero-order valence-electron chi connectivity index (χ0n) is 20.0. The molecular formula is C20H38N10O5. The second kappa shape index (κ2) is 14.6. The second-order valence-electron chi connectivity index (χ2n) is 8.32. The maximum Gasteiger partial charge on any atom is 0.326 e. The van der Waals surface area contributed by atoms with Crippen molar-refractivity contribution in [2.24, 2.45) is 38.7 Å². The Morgan fingerprint density at radius 1 is 1.00 bits per heavy atom. The van der Waals surface area contributed by atoms with Gasteiger partial charge in [-0.2, -0.15) is 0 Å². The van der Waals surface area contributed by atoms with Crippen molar-refractivity contribution in [3.63, 3.8) is 0 Å². The van der Waals surface area contributed by atoms with E-state index < -0.39 is 47.9 Å². The molecule has 1 saturated heterocycles. The van der Waals surface area contributed by atoms with E-state index in [0.29, 0.717) is 45.2 Å². The molecule has 0 aromatic rings. The molecule has 0 aliphatic carbocycles. The Hall–Kier alpha value is -3.62. The van der Waals surface area contributed by atoms with Gasteiger partial charge in [0.15, 0.2) is 11.9 Å². The molecule has 0 bridgehead atoms. The lowest BCUT2D eigenvalue weighted by molar-refractivity contribution is -0.144. The monoisotopic (exact) mass is 498 g/mol. The number of hydrogen-bond donors (Lipinski definition) is 8. The summed E-state index contributed by atoms with van der Waals surface area (Å²) in [6, 6.07) is -3.76. The largest absolute Gasteiger partial charge is 0.480 e. The summed E-state index contributed by atoms with van der Waals surface area (Å²) in [5, 5.41) is 14.5. The molecule has 0 aromatic heterocycles. The van der Waals surface area contributed by atoms with Crippen LogP contribution in [0.5, 0.6) is 0 Å². The molecule has 198 valence electrons. The number of carboxylic acids is 1. The lowest BCUT2D eigenvalue weighted by atomic mass is 10.1. The molecule has 15 nitrogen and oxygen atoms in total. The highest BCUT2D eigenvalue weighted by Crippen LogP contribution is 2.19. The molecule has 1 aliphatic heterocycles. The number of hydrogen-bond acceptors (Lipinski definition) is 7. The number of carbonyl (C=O) groups excluding carboxylic acids is 3. The zero-order valence-corrected chi connectivity index (χ0v) is 20.0. The van der Waals surface area contributed by atoms with Gasteiger partial charge in [0.05, 0.1) is 6.04 Å². The number of nitrogens with two attached hydrogens (primary N) is 5. The van der Waals surface area contributed by atoms with Crippen LogP contribution in [0.15, 0.2) is 9.98 Å². The Bertz CT molecular complexity index is 810. The Balaban J connectivity index is 2.64. The first-order chi connectivity index (χ1) is 16.4. The van der Waals surface area contributed by atoms with Crippen molar-refractivity contribution >= 4 is 35.6 Å². The average Bonchev–Trinajstić information content (AvgIpc) is 3.27. The summed E-state index contributed by atoms with van der Waals surface area (Å²) in [5.41, 5.74) is 26.8. The number of nitrogens with one attached hydrogen (secondary N) is 2. The van der Waals surface area contributed by atoms with Crippen molar-refractivity contribution in [3.8, 4) is 0 Å². The highest BCUT2D eigenvalue weighted by molar-refractivity contribution is 5.94. The van der Waals surface area contributed by atoms with Gasteiger partial charge in [0.25, 0.3) is 0 Å². The number of amides is 3. The van der Waals surface area contributed by atoms with Crippen molar-refractivity contribution in [1.29, 1.82) is 0 Å². The SMILES string of the molecule is CC(NC(=O)C(N)CCCN=C(N)N)C(=O)N1CCCC1C(=O)NC(CCCN=C(N)N)C(=O)O. The molecule has 1 rings (SSSR count). The number of carboxylic acid groups (broad SMARTS) is 1. The third-order valence-corrected chi connectivity index (χ3v) is 5.43. The van der Waals surface area contributed by atoms with Gasteiger partial charge in [-0.1, -0.05) is 0 Å². The quantitative estimate of drug-likeness (QED) is 0.0664. The van der Waals surface area contributed by atoms with Gasteiger partial charge >= 0.3 is 5.97 Å². The Morgan fingerprint density at radius 3 is 2.11 bits per heavy atom. The molecule has 1 aliphatic rings. The van der Waals surface area contributed by atoms with E-state index in [2.05, 4.69) is 20.6 Å². The summed E-state index contributed by atoms with van der Waals surface area (Å²) in [4.78, 5) is 58.6. The number of guanidine groups is 2. The van der Waals surface area contributed by atoms with Crippen LogP contribution in [0, 0.1) is 0 Å². The second-order valence-corrected chi connectivity index (χ2v) is 8.32. The minimum absolute atomic E-state index is 0.0490. The van der Waals surface area contributed by atoms with Crippen LogP contribution in [-0.2, 0) is 19.2 Å². The van der Waals surface area contributed by atoms with E-state index in [1.165, 1.54) is 11.8 Å². The van der Waals surface area contributed by atoms with Gasteiger partial charge in [-0.15, -0.1) is 0 Å². The zero-order chi connectivity index (χ0) is 26.5. The first-order valence-electron chi connectivity index (χ1n) is 11.4. The van der Waals surface area contributed by atoms with E-state index in [1.807, 2.05) is 0 Å². The van der Waals surface area contributed by atoms with E-state index in [9.17, 15) is 24.3 Å². The third-order valence-electron chi connectivity index (χ3n) is 5.43. The van der Waals surface area contributed by atoms with Crippen LogP contribution < -0.4 is 39.3 Å². The predicted octanol–water partition coefficient (Wildman–Crippen LogP) is -3.51. The fourth-order valence-electron chi connectivity index (χ4n) is 3.61. The number of aliphatic imine (C=N–C) groups is 2. The molecule has 1 fully saturated rings. The van der Waals surface area contributed by atoms with Crippen molar-refractivity contribution in [2.75, 3.05) is 19.6 Å². The van der Waals surface area contributed by atoms with Gasteiger partial charge in [0, 0.05) is 19.6 Å². The van der Waals surface area contributed by atoms with Crippen LogP contribution in [0.2, 0.25) is 0 Å². The third kappa shape index (κ3) is 10.5. The molecule has 13 N–H and O–H groups in total. The summed E-state index contributed by atoms with van der Waals surface area (Å²) in [7, 11) is 0. The summed E-state index contributed by atoms with van der Waals surface area (Å²) >= 11 is 0. The molecule has 3 amide bonds. The molecule has 15 heteroatoms. The molecule has 0 saturated carbocycles. The number of nitrogens with zero attached hydrogens (tertiary/aromatic N) is 3. The molecule has 35 heavy (non-hydrogen) atoms. The van der Waals surface area contributed by atoms with E-state index in [-0.39, 0.29) is 24.9 Å².